The summed E-state index contributed by atoms with van der Waals surface area (Å²) in [5.74, 6) is 3.38. The predicted molar refractivity (Wildman–Crippen MR) is 135 cm³/mol. The summed E-state index contributed by atoms with van der Waals surface area (Å²) in [5, 5.41) is 7.23. The van der Waals surface area contributed by atoms with Crippen molar-refractivity contribution in [3.8, 4) is 28.6 Å². The molecule has 0 spiro atoms. The van der Waals surface area contributed by atoms with Gasteiger partial charge in [0.2, 0.25) is 17.6 Å². The molecule has 0 bridgehead atoms. The van der Waals surface area contributed by atoms with Crippen LogP contribution in [0.25, 0.3) is 11.4 Å². The van der Waals surface area contributed by atoms with E-state index < -0.39 is 0 Å². The fraction of sp³-hybridized carbons (Fsp3) is 0.444. The van der Waals surface area contributed by atoms with Gasteiger partial charge in [0.15, 0.2) is 11.5 Å². The van der Waals surface area contributed by atoms with Gasteiger partial charge in [0.1, 0.15) is 5.75 Å². The minimum absolute atomic E-state index is 0.0445. The molecule has 1 amide bonds. The maximum absolute atomic E-state index is 12.6. The van der Waals surface area contributed by atoms with Crippen molar-refractivity contribution in [2.75, 3.05) is 41.0 Å². The molecule has 2 heterocycles. The first kappa shape index (κ1) is 25.5. The standard InChI is InChI=1S/C27H34N4O5/c1-33-22-8-4-6-19(16-22)7-5-13-28-27(32)20-11-14-31(15-12-20)18-25-29-26(30-36-25)21-9-10-23(34-2)24(17-21)35-3/h4,6,8-10,16-17,20H,5,7,11-15,18H2,1-3H3,(H,28,32). The lowest BCUT2D eigenvalue weighted by Crippen LogP contribution is -2.40. The van der Waals surface area contributed by atoms with E-state index in [1.807, 2.05) is 36.4 Å². The fourth-order valence-electron chi connectivity index (χ4n) is 4.43. The number of carbonyl (C=O) groups excluding carboxylic acids is 1. The van der Waals surface area contributed by atoms with Gasteiger partial charge >= 0.3 is 0 Å². The highest BCUT2D eigenvalue weighted by atomic mass is 16.5. The molecule has 1 aliphatic heterocycles. The molecular formula is C27H34N4O5. The number of hydrogen-bond donors (Lipinski definition) is 1. The number of hydrogen-bond acceptors (Lipinski definition) is 8. The van der Waals surface area contributed by atoms with E-state index >= 15 is 0 Å². The summed E-state index contributed by atoms with van der Waals surface area (Å²) in [6.07, 6.45) is 3.44. The van der Waals surface area contributed by atoms with Crippen LogP contribution in [-0.4, -0.2) is 61.9 Å². The molecule has 4 rings (SSSR count). The van der Waals surface area contributed by atoms with Crippen LogP contribution < -0.4 is 19.5 Å². The number of amides is 1. The average molecular weight is 495 g/mol. The zero-order valence-corrected chi connectivity index (χ0v) is 21.2. The zero-order valence-electron chi connectivity index (χ0n) is 21.2. The lowest BCUT2D eigenvalue weighted by molar-refractivity contribution is -0.126. The van der Waals surface area contributed by atoms with Crippen molar-refractivity contribution < 1.29 is 23.5 Å². The summed E-state index contributed by atoms with van der Waals surface area (Å²) in [6, 6.07) is 13.6. The average Bonchev–Trinajstić information content (AvgIpc) is 3.39. The van der Waals surface area contributed by atoms with Crippen LogP contribution in [0, 0.1) is 5.92 Å². The third-order valence-corrected chi connectivity index (χ3v) is 6.50. The second kappa shape index (κ2) is 12.4. The Kier molecular flexibility index (Phi) is 8.78. The van der Waals surface area contributed by atoms with E-state index in [1.165, 1.54) is 5.56 Å². The van der Waals surface area contributed by atoms with Gasteiger partial charge in [-0.05, 0) is 74.7 Å². The number of aromatic nitrogens is 2. The molecule has 1 fully saturated rings. The van der Waals surface area contributed by atoms with Gasteiger partial charge in [0.05, 0.1) is 27.9 Å². The molecule has 0 unspecified atom stereocenters. The fourth-order valence-corrected chi connectivity index (χ4v) is 4.43. The molecule has 0 radical (unpaired) electrons. The van der Waals surface area contributed by atoms with Crippen LogP contribution in [0.1, 0.15) is 30.7 Å². The Morgan fingerprint density at radius 1 is 1.06 bits per heavy atom. The Hall–Kier alpha value is -3.59. The van der Waals surface area contributed by atoms with E-state index in [1.54, 1.807) is 21.3 Å². The highest BCUT2D eigenvalue weighted by Gasteiger charge is 2.26. The van der Waals surface area contributed by atoms with Crippen molar-refractivity contribution in [2.24, 2.45) is 5.92 Å². The molecule has 192 valence electrons. The minimum atomic E-state index is 0.0445. The van der Waals surface area contributed by atoms with Gasteiger partial charge in [-0.15, -0.1) is 0 Å². The Labute approximate surface area is 211 Å². The first-order chi connectivity index (χ1) is 17.6. The van der Waals surface area contributed by atoms with Gasteiger partial charge in [-0.2, -0.15) is 4.98 Å². The number of methoxy groups -OCH3 is 3. The summed E-state index contributed by atoms with van der Waals surface area (Å²) in [6.45, 7) is 2.87. The summed E-state index contributed by atoms with van der Waals surface area (Å²) >= 11 is 0. The molecular weight excluding hydrogens is 460 g/mol. The lowest BCUT2D eigenvalue weighted by Gasteiger charge is -2.30. The lowest BCUT2D eigenvalue weighted by atomic mass is 9.96. The molecule has 1 saturated heterocycles. The SMILES string of the molecule is COc1cccc(CCCNC(=O)C2CCN(Cc3nc(-c4ccc(OC)c(OC)c4)no3)CC2)c1. The van der Waals surface area contributed by atoms with Gasteiger partial charge in [0.25, 0.3) is 0 Å². The molecule has 9 nitrogen and oxygen atoms in total. The van der Waals surface area contributed by atoms with Gasteiger partial charge in [-0.3, -0.25) is 9.69 Å². The van der Waals surface area contributed by atoms with Gasteiger partial charge in [0, 0.05) is 18.0 Å². The van der Waals surface area contributed by atoms with Crippen LogP contribution in [0.3, 0.4) is 0 Å². The summed E-state index contributed by atoms with van der Waals surface area (Å²) in [7, 11) is 4.86. The second-order valence-electron chi connectivity index (χ2n) is 8.88. The minimum Gasteiger partial charge on any atom is -0.497 e. The third-order valence-electron chi connectivity index (χ3n) is 6.50. The predicted octanol–water partition coefficient (Wildman–Crippen LogP) is 3.72. The number of nitrogens with zero attached hydrogens (tertiary/aromatic N) is 3. The normalized spacial score (nSPS) is 14.4. The van der Waals surface area contributed by atoms with Crippen LogP contribution in [0.2, 0.25) is 0 Å². The molecule has 0 aliphatic carbocycles. The second-order valence-corrected chi connectivity index (χ2v) is 8.88. The van der Waals surface area contributed by atoms with Crippen LogP contribution in [0.15, 0.2) is 47.0 Å². The maximum Gasteiger partial charge on any atom is 0.241 e. The summed E-state index contributed by atoms with van der Waals surface area (Å²) < 4.78 is 21.4. The highest BCUT2D eigenvalue weighted by Crippen LogP contribution is 2.31. The molecule has 9 heteroatoms. The number of benzene rings is 2. The van der Waals surface area contributed by atoms with Crippen molar-refractivity contribution in [2.45, 2.75) is 32.2 Å². The summed E-state index contributed by atoms with van der Waals surface area (Å²) in [4.78, 5) is 19.4. The smallest absolute Gasteiger partial charge is 0.241 e. The molecule has 1 N–H and O–H groups in total. The Bertz CT molecular complexity index is 1140. The quantitative estimate of drug-likeness (QED) is 0.403. The van der Waals surface area contributed by atoms with Gasteiger partial charge in [-0.1, -0.05) is 17.3 Å². The first-order valence-electron chi connectivity index (χ1n) is 12.3. The van der Waals surface area contributed by atoms with E-state index in [2.05, 4.69) is 26.4 Å². The number of nitrogens with one attached hydrogen (secondary N) is 1. The molecule has 36 heavy (non-hydrogen) atoms. The first-order valence-corrected chi connectivity index (χ1v) is 12.3. The van der Waals surface area contributed by atoms with Crippen molar-refractivity contribution >= 4 is 5.91 Å². The summed E-state index contributed by atoms with van der Waals surface area (Å²) in [5.41, 5.74) is 2.01. The van der Waals surface area contributed by atoms with E-state index in [4.69, 9.17) is 18.7 Å². The van der Waals surface area contributed by atoms with Crippen molar-refractivity contribution in [3.05, 3.63) is 53.9 Å². The van der Waals surface area contributed by atoms with Gasteiger partial charge < -0.3 is 24.1 Å². The molecule has 1 aliphatic rings. The molecule has 1 aromatic heterocycles. The van der Waals surface area contributed by atoms with E-state index in [9.17, 15) is 4.79 Å². The van der Waals surface area contributed by atoms with Crippen molar-refractivity contribution in [1.29, 1.82) is 0 Å². The maximum atomic E-state index is 12.6. The van der Waals surface area contributed by atoms with Crippen LogP contribution in [-0.2, 0) is 17.8 Å². The monoisotopic (exact) mass is 494 g/mol. The zero-order chi connectivity index (χ0) is 25.3. The van der Waals surface area contributed by atoms with Crippen LogP contribution in [0.5, 0.6) is 17.2 Å². The Morgan fingerprint density at radius 2 is 1.86 bits per heavy atom. The van der Waals surface area contributed by atoms with E-state index in [-0.39, 0.29) is 11.8 Å². The molecule has 2 aromatic carbocycles. The number of ether oxygens (including phenoxy) is 3. The number of aryl methyl sites for hydroxylation is 1. The Morgan fingerprint density at radius 3 is 2.61 bits per heavy atom. The largest absolute Gasteiger partial charge is 0.497 e. The van der Waals surface area contributed by atoms with E-state index in [0.717, 1.165) is 50.1 Å². The highest BCUT2D eigenvalue weighted by molar-refractivity contribution is 5.78. The number of piperidine rings is 1. The van der Waals surface area contributed by atoms with E-state index in [0.29, 0.717) is 36.3 Å². The topological polar surface area (TPSA) is 99.0 Å². The molecule has 3 aromatic rings. The number of carbonyl (C=O) groups is 1. The van der Waals surface area contributed by atoms with Gasteiger partial charge in [-0.25, -0.2) is 0 Å². The third kappa shape index (κ3) is 6.54. The number of rotatable bonds is 11. The molecule has 0 atom stereocenters. The Balaban J connectivity index is 1.19. The number of likely N-dealkylation sites (tertiary alicyclic amines) is 1. The van der Waals surface area contributed by atoms with Crippen LogP contribution >= 0.6 is 0 Å². The van der Waals surface area contributed by atoms with Crippen molar-refractivity contribution in [3.63, 3.8) is 0 Å². The van der Waals surface area contributed by atoms with Crippen molar-refractivity contribution in [1.82, 2.24) is 20.4 Å². The molecule has 0 saturated carbocycles. The van der Waals surface area contributed by atoms with Crippen LogP contribution in [0.4, 0.5) is 0 Å².